The number of para-hydroxylation sites is 2. The molecule has 0 aliphatic heterocycles. The number of aryl methyl sites for hydroxylation is 4. The van der Waals surface area contributed by atoms with Gasteiger partial charge in [0.2, 0.25) is 0 Å². The summed E-state index contributed by atoms with van der Waals surface area (Å²) in [7, 11) is 0. The fraction of sp³-hybridized carbons (Fsp3) is 0.368. The average Bonchev–Trinajstić information content (AvgIpc) is 2.50. The van der Waals surface area contributed by atoms with Crippen molar-refractivity contribution in [2.45, 2.75) is 40.5 Å². The second-order valence-corrected chi connectivity index (χ2v) is 5.46. The average molecular weight is 282 g/mol. The second kappa shape index (κ2) is 7.16. The van der Waals surface area contributed by atoms with Crippen LogP contribution in [0.3, 0.4) is 0 Å². The maximum Gasteiger partial charge on any atom is 0.0849 e. The first kappa shape index (κ1) is 15.4. The molecule has 0 unspecified atom stereocenters. The van der Waals surface area contributed by atoms with Gasteiger partial charge in [0, 0.05) is 11.4 Å². The van der Waals surface area contributed by atoms with E-state index in [0.29, 0.717) is 0 Å². The number of nitrogens with one attached hydrogen (secondary N) is 2. The lowest BCUT2D eigenvalue weighted by Crippen LogP contribution is -2.15. The van der Waals surface area contributed by atoms with Crippen LogP contribution in [0, 0.1) is 13.8 Å². The van der Waals surface area contributed by atoms with Gasteiger partial charge in [-0.2, -0.15) is 0 Å². The molecule has 0 saturated carbocycles. The largest absolute Gasteiger partial charge is 0.368 e. The molecular weight excluding hydrogens is 256 g/mol. The van der Waals surface area contributed by atoms with Gasteiger partial charge in [-0.1, -0.05) is 50.2 Å². The van der Waals surface area contributed by atoms with Crippen molar-refractivity contribution in [3.05, 3.63) is 58.7 Å². The van der Waals surface area contributed by atoms with Crippen LogP contribution in [0.4, 0.5) is 11.4 Å². The summed E-state index contributed by atoms with van der Waals surface area (Å²) in [6, 6.07) is 13.0. The summed E-state index contributed by atoms with van der Waals surface area (Å²) in [5.74, 6) is 0. The van der Waals surface area contributed by atoms with Gasteiger partial charge in [0.1, 0.15) is 0 Å². The Labute approximate surface area is 128 Å². The first-order valence-electron chi connectivity index (χ1n) is 7.82. The van der Waals surface area contributed by atoms with Gasteiger partial charge in [-0.3, -0.25) is 0 Å². The SMILES string of the molecule is CCc1cccc(C)c1NCNc1c(C)cccc1CC. The summed E-state index contributed by atoms with van der Waals surface area (Å²) < 4.78 is 0. The van der Waals surface area contributed by atoms with Crippen molar-refractivity contribution in [3.8, 4) is 0 Å². The lowest BCUT2D eigenvalue weighted by molar-refractivity contribution is 1.08. The zero-order chi connectivity index (χ0) is 15.2. The Balaban J connectivity index is 2.09. The van der Waals surface area contributed by atoms with Crippen LogP contribution in [0.2, 0.25) is 0 Å². The molecule has 0 bridgehead atoms. The van der Waals surface area contributed by atoms with Gasteiger partial charge in [-0.05, 0) is 48.9 Å². The quantitative estimate of drug-likeness (QED) is 0.736. The smallest absolute Gasteiger partial charge is 0.0849 e. The van der Waals surface area contributed by atoms with Gasteiger partial charge in [-0.25, -0.2) is 0 Å². The van der Waals surface area contributed by atoms with Crippen LogP contribution in [0.5, 0.6) is 0 Å². The van der Waals surface area contributed by atoms with Crippen LogP contribution in [-0.4, -0.2) is 6.67 Å². The molecule has 0 spiro atoms. The monoisotopic (exact) mass is 282 g/mol. The standard InChI is InChI=1S/C19H26N2/c1-5-16-11-7-9-14(3)18(16)20-13-21-19-15(4)10-8-12-17(19)6-2/h7-12,20-21H,5-6,13H2,1-4H3. The molecule has 0 aliphatic carbocycles. The van der Waals surface area contributed by atoms with E-state index in [1.54, 1.807) is 0 Å². The molecule has 2 aromatic carbocycles. The minimum absolute atomic E-state index is 0.746. The van der Waals surface area contributed by atoms with Gasteiger partial charge >= 0.3 is 0 Å². The molecule has 0 amide bonds. The van der Waals surface area contributed by atoms with Crippen LogP contribution in [0.15, 0.2) is 36.4 Å². The topological polar surface area (TPSA) is 24.1 Å². The molecule has 0 radical (unpaired) electrons. The fourth-order valence-corrected chi connectivity index (χ4v) is 2.77. The van der Waals surface area contributed by atoms with Crippen LogP contribution in [0.25, 0.3) is 0 Å². The van der Waals surface area contributed by atoms with Crippen LogP contribution in [0.1, 0.15) is 36.1 Å². The third-order valence-corrected chi connectivity index (χ3v) is 4.01. The Morgan fingerprint density at radius 2 is 1.14 bits per heavy atom. The third kappa shape index (κ3) is 3.57. The molecule has 2 N–H and O–H groups in total. The highest BCUT2D eigenvalue weighted by molar-refractivity contribution is 5.60. The Morgan fingerprint density at radius 3 is 1.52 bits per heavy atom. The summed E-state index contributed by atoms with van der Waals surface area (Å²) in [4.78, 5) is 0. The minimum atomic E-state index is 0.746. The molecule has 21 heavy (non-hydrogen) atoms. The third-order valence-electron chi connectivity index (χ3n) is 4.01. The number of rotatable bonds is 6. The first-order valence-corrected chi connectivity index (χ1v) is 7.82. The van der Waals surface area contributed by atoms with E-state index in [9.17, 15) is 0 Å². The van der Waals surface area contributed by atoms with Crippen molar-refractivity contribution < 1.29 is 0 Å². The number of hydrogen-bond acceptors (Lipinski definition) is 2. The molecule has 2 aromatic rings. The van der Waals surface area contributed by atoms with Crippen LogP contribution >= 0.6 is 0 Å². The fourth-order valence-electron chi connectivity index (χ4n) is 2.77. The predicted octanol–water partition coefficient (Wildman–Crippen LogP) is 4.91. The molecular formula is C19H26N2. The van der Waals surface area contributed by atoms with Crippen molar-refractivity contribution in [2.24, 2.45) is 0 Å². The minimum Gasteiger partial charge on any atom is -0.368 e. The van der Waals surface area contributed by atoms with Crippen molar-refractivity contribution in [1.29, 1.82) is 0 Å². The Kier molecular flexibility index (Phi) is 5.26. The molecule has 2 heteroatoms. The Morgan fingerprint density at radius 1 is 0.714 bits per heavy atom. The Bertz CT molecular complexity index is 549. The van der Waals surface area contributed by atoms with E-state index in [4.69, 9.17) is 0 Å². The molecule has 2 rings (SSSR count). The van der Waals surface area contributed by atoms with Crippen molar-refractivity contribution in [1.82, 2.24) is 0 Å². The van der Waals surface area contributed by atoms with Crippen LogP contribution in [-0.2, 0) is 12.8 Å². The molecule has 0 heterocycles. The van der Waals surface area contributed by atoms with Gasteiger partial charge in [-0.15, -0.1) is 0 Å². The lowest BCUT2D eigenvalue weighted by atomic mass is 10.1. The van der Waals surface area contributed by atoms with Gasteiger partial charge in [0.15, 0.2) is 0 Å². The summed E-state index contributed by atoms with van der Waals surface area (Å²) in [6.45, 7) is 9.46. The van der Waals surface area contributed by atoms with E-state index < -0.39 is 0 Å². The van der Waals surface area contributed by atoms with E-state index in [0.717, 1.165) is 19.5 Å². The summed E-state index contributed by atoms with van der Waals surface area (Å²) in [5, 5.41) is 7.10. The number of hydrogen-bond donors (Lipinski definition) is 2. The van der Waals surface area contributed by atoms with Gasteiger partial charge in [0.05, 0.1) is 6.67 Å². The molecule has 112 valence electrons. The summed E-state index contributed by atoms with van der Waals surface area (Å²) in [6.07, 6.45) is 2.10. The zero-order valence-electron chi connectivity index (χ0n) is 13.6. The van der Waals surface area contributed by atoms with E-state index >= 15 is 0 Å². The van der Waals surface area contributed by atoms with Crippen molar-refractivity contribution in [3.63, 3.8) is 0 Å². The molecule has 0 aliphatic rings. The first-order chi connectivity index (χ1) is 10.2. The number of anilines is 2. The zero-order valence-corrected chi connectivity index (χ0v) is 13.6. The van der Waals surface area contributed by atoms with Crippen molar-refractivity contribution in [2.75, 3.05) is 17.3 Å². The molecule has 0 fully saturated rings. The van der Waals surface area contributed by atoms with E-state index in [1.807, 2.05) is 0 Å². The number of benzene rings is 2. The van der Waals surface area contributed by atoms with E-state index in [1.165, 1.54) is 33.6 Å². The van der Waals surface area contributed by atoms with Gasteiger partial charge in [0.25, 0.3) is 0 Å². The van der Waals surface area contributed by atoms with Crippen molar-refractivity contribution >= 4 is 11.4 Å². The maximum absolute atomic E-state index is 3.55. The molecule has 0 atom stereocenters. The normalized spacial score (nSPS) is 10.5. The van der Waals surface area contributed by atoms with E-state index in [2.05, 4.69) is 74.7 Å². The Hall–Kier alpha value is -1.96. The predicted molar refractivity (Wildman–Crippen MR) is 93.2 cm³/mol. The van der Waals surface area contributed by atoms with E-state index in [-0.39, 0.29) is 0 Å². The highest BCUT2D eigenvalue weighted by atomic mass is 15.1. The van der Waals surface area contributed by atoms with Crippen LogP contribution < -0.4 is 10.6 Å². The molecule has 2 nitrogen and oxygen atoms in total. The lowest BCUT2D eigenvalue weighted by Gasteiger charge is -2.18. The molecule has 0 saturated heterocycles. The highest BCUT2D eigenvalue weighted by Crippen LogP contribution is 2.23. The highest BCUT2D eigenvalue weighted by Gasteiger charge is 2.05. The summed E-state index contributed by atoms with van der Waals surface area (Å²) in [5.41, 5.74) is 7.88. The molecule has 0 aromatic heterocycles. The second-order valence-electron chi connectivity index (χ2n) is 5.46. The van der Waals surface area contributed by atoms with Gasteiger partial charge < -0.3 is 10.6 Å². The summed E-state index contributed by atoms with van der Waals surface area (Å²) >= 11 is 0. The maximum atomic E-state index is 3.55.